The molecule has 1 N–H and O–H groups in total. The van der Waals surface area contributed by atoms with E-state index in [4.69, 9.17) is 0 Å². The molecule has 1 rings (SSSR count). The van der Waals surface area contributed by atoms with Gasteiger partial charge in [0.05, 0.1) is 0 Å². The Morgan fingerprint density at radius 3 is 2.92 bits per heavy atom. The summed E-state index contributed by atoms with van der Waals surface area (Å²) in [6, 6.07) is 3.32. The smallest absolute Gasteiger partial charge is 0.141 e. The molecule has 2 nitrogen and oxygen atoms in total. The minimum Gasteiger partial charge on any atom is -0.506 e. The lowest BCUT2D eigenvalue weighted by Crippen LogP contribution is -1.82. The minimum atomic E-state index is 0.203. The average Bonchev–Trinajstić information content (AvgIpc) is 2.11. The fraction of sp³-hybridized carbons (Fsp3) is 0.222. The monoisotopic (exact) mass is 305 g/mol. The summed E-state index contributed by atoms with van der Waals surface area (Å²) in [6.07, 6.45) is 4.69. The summed E-state index contributed by atoms with van der Waals surface area (Å²) in [5, 5.41) is 10.3. The molecule has 1 aromatic heterocycles. The fourth-order valence-corrected chi connectivity index (χ4v) is 1.41. The average molecular weight is 307 g/mol. The van der Waals surface area contributed by atoms with Gasteiger partial charge in [-0.15, -0.1) is 0 Å². The maximum atomic E-state index is 9.39. The predicted molar refractivity (Wildman–Crippen MR) is 61.0 cm³/mol. The highest BCUT2D eigenvalue weighted by Gasteiger charge is 1.98. The minimum absolute atomic E-state index is 0.203. The van der Waals surface area contributed by atoms with Crippen LogP contribution in [0.2, 0.25) is 0 Å². The van der Waals surface area contributed by atoms with Gasteiger partial charge in [-0.3, -0.25) is 0 Å². The summed E-state index contributed by atoms with van der Waals surface area (Å²) in [5.74, 6) is 0.203. The van der Waals surface area contributed by atoms with Crippen LogP contribution in [0.4, 0.5) is 0 Å². The summed E-state index contributed by atoms with van der Waals surface area (Å²) in [6.45, 7) is 0. The first-order valence-electron chi connectivity index (χ1n) is 3.82. The van der Waals surface area contributed by atoms with Gasteiger partial charge >= 0.3 is 0 Å². The molecule has 1 heterocycles. The summed E-state index contributed by atoms with van der Waals surface area (Å²) in [7, 11) is 0. The van der Waals surface area contributed by atoms with Gasteiger partial charge < -0.3 is 5.11 Å². The van der Waals surface area contributed by atoms with Crippen LogP contribution < -0.4 is 0 Å². The van der Waals surface area contributed by atoms with E-state index >= 15 is 0 Å². The molecule has 0 aliphatic carbocycles. The van der Waals surface area contributed by atoms with Crippen molar-refractivity contribution in [3.8, 4) is 5.75 Å². The van der Waals surface area contributed by atoms with Gasteiger partial charge in [0.15, 0.2) is 0 Å². The normalized spacial score (nSPS) is 10.9. The maximum Gasteiger partial charge on any atom is 0.141 e. The second-order valence-corrected chi connectivity index (χ2v) is 4.02. The third kappa shape index (κ3) is 3.48. The van der Waals surface area contributed by atoms with Crippen molar-refractivity contribution >= 4 is 37.9 Å². The summed E-state index contributed by atoms with van der Waals surface area (Å²) < 4.78 is 0.726. The van der Waals surface area contributed by atoms with Crippen molar-refractivity contribution < 1.29 is 5.11 Å². The SMILES string of the molecule is Oc1ccc(Br)nc1C=CCCBr. The summed E-state index contributed by atoms with van der Waals surface area (Å²) in [5.41, 5.74) is 0.593. The highest BCUT2D eigenvalue weighted by molar-refractivity contribution is 9.10. The molecule has 0 amide bonds. The predicted octanol–water partition coefficient (Wildman–Crippen LogP) is 3.35. The molecule has 4 heteroatoms. The topological polar surface area (TPSA) is 33.1 Å². The number of pyridine rings is 1. The first-order chi connectivity index (χ1) is 6.24. The Morgan fingerprint density at radius 1 is 1.46 bits per heavy atom. The second-order valence-electron chi connectivity index (χ2n) is 2.42. The van der Waals surface area contributed by atoms with Crippen LogP contribution in [-0.2, 0) is 0 Å². The fourth-order valence-electron chi connectivity index (χ4n) is 0.823. The zero-order valence-electron chi connectivity index (χ0n) is 6.87. The zero-order chi connectivity index (χ0) is 9.68. The number of hydrogen-bond donors (Lipinski definition) is 1. The van der Waals surface area contributed by atoms with Crippen molar-refractivity contribution in [3.63, 3.8) is 0 Å². The molecule has 0 spiro atoms. The van der Waals surface area contributed by atoms with E-state index in [9.17, 15) is 5.11 Å². The van der Waals surface area contributed by atoms with Gasteiger partial charge in [0.25, 0.3) is 0 Å². The van der Waals surface area contributed by atoms with E-state index < -0.39 is 0 Å². The van der Waals surface area contributed by atoms with E-state index in [-0.39, 0.29) is 5.75 Å². The van der Waals surface area contributed by atoms with Gasteiger partial charge in [-0.25, -0.2) is 4.98 Å². The lowest BCUT2D eigenvalue weighted by atomic mass is 10.3. The number of nitrogens with zero attached hydrogens (tertiary/aromatic N) is 1. The van der Waals surface area contributed by atoms with Crippen LogP contribution in [0.25, 0.3) is 6.08 Å². The number of alkyl halides is 1. The van der Waals surface area contributed by atoms with Gasteiger partial charge in [-0.2, -0.15) is 0 Å². The third-order valence-electron chi connectivity index (χ3n) is 1.42. The first kappa shape index (κ1) is 10.7. The van der Waals surface area contributed by atoms with Crippen molar-refractivity contribution in [1.82, 2.24) is 4.98 Å². The van der Waals surface area contributed by atoms with Crippen LogP contribution >= 0.6 is 31.9 Å². The standard InChI is InChI=1S/C9H9Br2NO/c10-6-2-1-3-7-8(13)4-5-9(11)12-7/h1,3-5,13H,2,6H2. The Morgan fingerprint density at radius 2 is 2.23 bits per heavy atom. The maximum absolute atomic E-state index is 9.39. The van der Waals surface area contributed by atoms with E-state index in [0.29, 0.717) is 5.69 Å². The van der Waals surface area contributed by atoms with Gasteiger partial charge in [0.2, 0.25) is 0 Å². The molecule has 13 heavy (non-hydrogen) atoms. The molecule has 0 atom stereocenters. The largest absolute Gasteiger partial charge is 0.506 e. The highest BCUT2D eigenvalue weighted by atomic mass is 79.9. The number of aromatic nitrogens is 1. The van der Waals surface area contributed by atoms with Gasteiger partial charge in [-0.1, -0.05) is 22.0 Å². The molecule has 0 aromatic carbocycles. The lowest BCUT2D eigenvalue weighted by molar-refractivity contribution is 0.471. The van der Waals surface area contributed by atoms with Crippen molar-refractivity contribution in [1.29, 1.82) is 0 Å². The van der Waals surface area contributed by atoms with Crippen LogP contribution in [0, 0.1) is 0 Å². The van der Waals surface area contributed by atoms with E-state index in [1.807, 2.05) is 6.08 Å². The third-order valence-corrected chi connectivity index (χ3v) is 2.32. The Bertz CT molecular complexity index is 312. The van der Waals surface area contributed by atoms with Crippen molar-refractivity contribution in [3.05, 3.63) is 28.5 Å². The molecule has 0 saturated heterocycles. The Labute approximate surface area is 94.0 Å². The number of aromatic hydroxyl groups is 1. The quantitative estimate of drug-likeness (QED) is 0.686. The number of hydrogen-bond acceptors (Lipinski definition) is 2. The Balaban J connectivity index is 2.81. The molecular formula is C9H9Br2NO. The van der Waals surface area contributed by atoms with E-state index in [0.717, 1.165) is 16.4 Å². The molecule has 0 bridgehead atoms. The zero-order valence-corrected chi connectivity index (χ0v) is 10.0. The summed E-state index contributed by atoms with van der Waals surface area (Å²) >= 11 is 6.55. The molecular weight excluding hydrogens is 298 g/mol. The van der Waals surface area contributed by atoms with Crippen molar-refractivity contribution in [2.45, 2.75) is 6.42 Å². The Hall–Kier alpha value is -0.350. The summed E-state index contributed by atoms with van der Waals surface area (Å²) in [4.78, 5) is 4.11. The molecule has 1 aromatic rings. The van der Waals surface area contributed by atoms with Gasteiger partial charge in [0.1, 0.15) is 16.0 Å². The molecule has 0 radical (unpaired) electrons. The number of rotatable bonds is 3. The molecule has 70 valence electrons. The van der Waals surface area contributed by atoms with Crippen LogP contribution in [0.15, 0.2) is 22.8 Å². The van der Waals surface area contributed by atoms with Crippen LogP contribution in [-0.4, -0.2) is 15.4 Å². The van der Waals surface area contributed by atoms with E-state index in [1.54, 1.807) is 18.2 Å². The number of allylic oxidation sites excluding steroid dienone is 1. The second kappa shape index (κ2) is 5.40. The van der Waals surface area contributed by atoms with Crippen LogP contribution in [0.1, 0.15) is 12.1 Å². The highest BCUT2D eigenvalue weighted by Crippen LogP contribution is 2.19. The van der Waals surface area contributed by atoms with Crippen LogP contribution in [0.5, 0.6) is 5.75 Å². The van der Waals surface area contributed by atoms with Gasteiger partial charge in [-0.05, 0) is 40.6 Å². The van der Waals surface area contributed by atoms with E-state index in [1.165, 1.54) is 0 Å². The van der Waals surface area contributed by atoms with E-state index in [2.05, 4.69) is 36.8 Å². The first-order valence-corrected chi connectivity index (χ1v) is 5.73. The van der Waals surface area contributed by atoms with Crippen molar-refractivity contribution in [2.75, 3.05) is 5.33 Å². The molecule has 0 saturated carbocycles. The van der Waals surface area contributed by atoms with Crippen LogP contribution in [0.3, 0.4) is 0 Å². The molecule has 0 aliphatic rings. The van der Waals surface area contributed by atoms with Gasteiger partial charge in [0, 0.05) is 5.33 Å². The molecule has 0 unspecified atom stereocenters. The lowest BCUT2D eigenvalue weighted by Gasteiger charge is -1.97. The number of halogens is 2. The van der Waals surface area contributed by atoms with Crippen molar-refractivity contribution in [2.24, 2.45) is 0 Å². The Kier molecular flexibility index (Phi) is 4.45. The molecule has 0 fully saturated rings. The molecule has 0 aliphatic heterocycles.